The normalized spacial score (nSPS) is 17.7. The van der Waals surface area contributed by atoms with E-state index < -0.39 is 10.0 Å². The van der Waals surface area contributed by atoms with Crippen LogP contribution in [0.25, 0.3) is 0 Å². The summed E-state index contributed by atoms with van der Waals surface area (Å²) >= 11 is 0. The van der Waals surface area contributed by atoms with Crippen LogP contribution in [0.2, 0.25) is 0 Å². The Morgan fingerprint density at radius 2 is 2.11 bits per heavy atom. The van der Waals surface area contributed by atoms with Crippen molar-refractivity contribution >= 4 is 10.0 Å². The Hall–Kier alpha value is -0.910. The van der Waals surface area contributed by atoms with Crippen molar-refractivity contribution in [1.82, 2.24) is 9.62 Å². The second-order valence-electron chi connectivity index (χ2n) is 5.28. The van der Waals surface area contributed by atoms with Gasteiger partial charge in [0.25, 0.3) is 0 Å². The summed E-state index contributed by atoms with van der Waals surface area (Å²) in [5.41, 5.74) is 0.982. The molecular weight excluding hydrogens is 260 g/mol. The van der Waals surface area contributed by atoms with Crippen LogP contribution in [0.4, 0.5) is 0 Å². The van der Waals surface area contributed by atoms with Crippen LogP contribution in [-0.4, -0.2) is 32.9 Å². The molecule has 1 aliphatic rings. The van der Waals surface area contributed by atoms with Gasteiger partial charge in [0.2, 0.25) is 10.0 Å². The SMILES string of the molecule is CNCc1cccc(S(=O)(=O)N(C)C(C)C2CC2)c1. The molecule has 1 saturated carbocycles. The number of nitrogens with zero attached hydrogens (tertiary/aromatic N) is 1. The van der Waals surface area contributed by atoms with Crippen LogP contribution in [0.5, 0.6) is 0 Å². The molecule has 19 heavy (non-hydrogen) atoms. The molecule has 1 fully saturated rings. The minimum atomic E-state index is -3.38. The first-order chi connectivity index (χ1) is 8.96. The molecular formula is C14H22N2O2S. The van der Waals surface area contributed by atoms with E-state index >= 15 is 0 Å². The minimum absolute atomic E-state index is 0.0814. The van der Waals surface area contributed by atoms with Crippen molar-refractivity contribution in [2.45, 2.75) is 37.2 Å². The third kappa shape index (κ3) is 3.16. The summed E-state index contributed by atoms with van der Waals surface area (Å²) in [6, 6.07) is 7.24. The van der Waals surface area contributed by atoms with Gasteiger partial charge in [0.1, 0.15) is 0 Å². The first-order valence-corrected chi connectivity index (χ1v) is 8.12. The molecule has 1 aromatic rings. The zero-order valence-corrected chi connectivity index (χ0v) is 12.6. The summed E-state index contributed by atoms with van der Waals surface area (Å²) in [5, 5.41) is 3.03. The molecule has 0 aromatic heterocycles. The van der Waals surface area contributed by atoms with Crippen LogP contribution in [0, 0.1) is 5.92 Å². The van der Waals surface area contributed by atoms with Crippen molar-refractivity contribution in [3.63, 3.8) is 0 Å². The molecule has 1 aliphatic carbocycles. The topological polar surface area (TPSA) is 49.4 Å². The average molecular weight is 282 g/mol. The molecule has 0 saturated heterocycles. The maximum absolute atomic E-state index is 12.6. The number of nitrogens with one attached hydrogen (secondary N) is 1. The highest BCUT2D eigenvalue weighted by Gasteiger charge is 2.35. The molecule has 0 radical (unpaired) electrons. The van der Waals surface area contributed by atoms with Gasteiger partial charge in [0.15, 0.2) is 0 Å². The van der Waals surface area contributed by atoms with Gasteiger partial charge in [0, 0.05) is 19.6 Å². The predicted octanol–water partition coefficient (Wildman–Crippen LogP) is 1.82. The van der Waals surface area contributed by atoms with Crippen LogP contribution in [0.3, 0.4) is 0 Å². The maximum Gasteiger partial charge on any atom is 0.243 e. The lowest BCUT2D eigenvalue weighted by Gasteiger charge is -2.24. The van der Waals surface area contributed by atoms with Crippen molar-refractivity contribution in [1.29, 1.82) is 0 Å². The number of sulfonamides is 1. The van der Waals surface area contributed by atoms with E-state index in [0.717, 1.165) is 18.4 Å². The van der Waals surface area contributed by atoms with Crippen LogP contribution < -0.4 is 5.32 Å². The second kappa shape index (κ2) is 5.61. The molecule has 0 bridgehead atoms. The Labute approximate surface area is 115 Å². The zero-order valence-electron chi connectivity index (χ0n) is 11.8. The Morgan fingerprint density at radius 3 is 2.68 bits per heavy atom. The van der Waals surface area contributed by atoms with E-state index in [1.165, 1.54) is 4.31 Å². The lowest BCUT2D eigenvalue weighted by atomic mass is 10.2. The van der Waals surface area contributed by atoms with Crippen molar-refractivity contribution in [2.24, 2.45) is 5.92 Å². The van der Waals surface area contributed by atoms with Crippen molar-refractivity contribution < 1.29 is 8.42 Å². The van der Waals surface area contributed by atoms with E-state index in [9.17, 15) is 8.42 Å². The van der Waals surface area contributed by atoms with Gasteiger partial charge in [-0.3, -0.25) is 0 Å². The molecule has 1 unspecified atom stereocenters. The molecule has 0 spiro atoms. The molecule has 0 heterocycles. The van der Waals surface area contributed by atoms with Crippen LogP contribution >= 0.6 is 0 Å². The Balaban J connectivity index is 2.25. The van der Waals surface area contributed by atoms with E-state index in [1.807, 2.05) is 20.0 Å². The highest BCUT2D eigenvalue weighted by Crippen LogP contribution is 2.36. The fraction of sp³-hybridized carbons (Fsp3) is 0.571. The summed E-state index contributed by atoms with van der Waals surface area (Å²) < 4.78 is 26.7. The van der Waals surface area contributed by atoms with Gasteiger partial charge >= 0.3 is 0 Å². The smallest absolute Gasteiger partial charge is 0.243 e. The molecule has 0 aliphatic heterocycles. The Morgan fingerprint density at radius 1 is 1.42 bits per heavy atom. The third-order valence-corrected chi connectivity index (χ3v) is 5.77. The summed E-state index contributed by atoms with van der Waals surface area (Å²) in [6.07, 6.45) is 2.28. The molecule has 4 nitrogen and oxygen atoms in total. The molecule has 5 heteroatoms. The van der Waals surface area contributed by atoms with Gasteiger partial charge in [0.05, 0.1) is 4.90 Å². The Bertz CT molecular complexity index is 538. The average Bonchev–Trinajstić information content (AvgIpc) is 3.22. The lowest BCUT2D eigenvalue weighted by Crippen LogP contribution is -2.36. The van der Waals surface area contributed by atoms with E-state index in [1.54, 1.807) is 25.2 Å². The van der Waals surface area contributed by atoms with Crippen LogP contribution in [0.1, 0.15) is 25.3 Å². The summed E-state index contributed by atoms with van der Waals surface area (Å²) in [5.74, 6) is 0.528. The molecule has 1 aromatic carbocycles. The summed E-state index contributed by atoms with van der Waals surface area (Å²) in [6.45, 7) is 2.66. The van der Waals surface area contributed by atoms with E-state index in [0.29, 0.717) is 17.4 Å². The number of hydrogen-bond acceptors (Lipinski definition) is 3. The summed E-state index contributed by atoms with van der Waals surface area (Å²) in [4.78, 5) is 0.384. The number of rotatable bonds is 6. The standard InChI is InChI=1S/C14H22N2O2S/c1-11(13-7-8-13)16(3)19(17,18)14-6-4-5-12(9-14)10-15-2/h4-6,9,11,13,15H,7-8,10H2,1-3H3. The van der Waals surface area contributed by atoms with Gasteiger partial charge in [-0.1, -0.05) is 12.1 Å². The Kier molecular flexibility index (Phi) is 4.28. The highest BCUT2D eigenvalue weighted by molar-refractivity contribution is 7.89. The number of hydrogen-bond donors (Lipinski definition) is 1. The van der Waals surface area contributed by atoms with Crippen LogP contribution in [-0.2, 0) is 16.6 Å². The first-order valence-electron chi connectivity index (χ1n) is 6.68. The van der Waals surface area contributed by atoms with Crippen LogP contribution in [0.15, 0.2) is 29.2 Å². The third-order valence-electron chi connectivity index (χ3n) is 3.83. The van der Waals surface area contributed by atoms with Gasteiger partial charge < -0.3 is 5.32 Å². The van der Waals surface area contributed by atoms with E-state index in [2.05, 4.69) is 5.32 Å². The minimum Gasteiger partial charge on any atom is -0.316 e. The first kappa shape index (κ1) is 14.5. The predicted molar refractivity (Wildman–Crippen MR) is 76.3 cm³/mol. The van der Waals surface area contributed by atoms with Crippen molar-refractivity contribution in [2.75, 3.05) is 14.1 Å². The zero-order chi connectivity index (χ0) is 14.0. The molecule has 1 atom stereocenters. The highest BCUT2D eigenvalue weighted by atomic mass is 32.2. The van der Waals surface area contributed by atoms with E-state index in [4.69, 9.17) is 0 Å². The lowest BCUT2D eigenvalue weighted by molar-refractivity contribution is 0.357. The maximum atomic E-state index is 12.6. The fourth-order valence-corrected chi connectivity index (χ4v) is 3.77. The largest absolute Gasteiger partial charge is 0.316 e. The fourth-order valence-electron chi connectivity index (χ4n) is 2.28. The van der Waals surface area contributed by atoms with Gasteiger partial charge in [-0.05, 0) is 50.4 Å². The van der Waals surface area contributed by atoms with E-state index in [-0.39, 0.29) is 6.04 Å². The molecule has 1 N–H and O–H groups in total. The summed E-state index contributed by atoms with van der Waals surface area (Å²) in [7, 11) is 0.155. The van der Waals surface area contributed by atoms with Gasteiger partial charge in [-0.25, -0.2) is 8.42 Å². The van der Waals surface area contributed by atoms with Crippen molar-refractivity contribution in [3.05, 3.63) is 29.8 Å². The molecule has 2 rings (SSSR count). The molecule has 106 valence electrons. The quantitative estimate of drug-likeness (QED) is 0.866. The van der Waals surface area contributed by atoms with Gasteiger partial charge in [-0.15, -0.1) is 0 Å². The van der Waals surface area contributed by atoms with Crippen molar-refractivity contribution in [3.8, 4) is 0 Å². The second-order valence-corrected chi connectivity index (χ2v) is 7.27. The molecule has 0 amide bonds. The number of benzene rings is 1. The monoisotopic (exact) mass is 282 g/mol. The van der Waals surface area contributed by atoms with Gasteiger partial charge in [-0.2, -0.15) is 4.31 Å².